The molecule has 0 spiro atoms. The smallest absolute Gasteiger partial charge is 0.336 e. The molecule has 0 fully saturated rings. The normalized spacial score (nSPS) is 11.9. The number of amidine groups is 1. The molecule has 4 N–H and O–H groups in total. The Bertz CT molecular complexity index is 664. The van der Waals surface area contributed by atoms with Gasteiger partial charge in [0, 0.05) is 17.2 Å². The Morgan fingerprint density at radius 1 is 1.44 bits per heavy atom. The second-order valence-corrected chi connectivity index (χ2v) is 4.84. The summed E-state index contributed by atoms with van der Waals surface area (Å²) in [7, 11) is 0. The van der Waals surface area contributed by atoms with E-state index in [1.807, 2.05) is 25.1 Å². The molecule has 0 saturated heterocycles. The SMILES string of the molecule is Cc1ccc2c(CSC(N)=NN)cc(=O)oc2c1. The summed E-state index contributed by atoms with van der Waals surface area (Å²) in [4.78, 5) is 11.5. The summed E-state index contributed by atoms with van der Waals surface area (Å²) < 4.78 is 5.17. The number of thioether (sulfide) groups is 1. The van der Waals surface area contributed by atoms with Gasteiger partial charge in [-0.3, -0.25) is 0 Å². The maximum Gasteiger partial charge on any atom is 0.336 e. The third-order valence-corrected chi connectivity index (χ3v) is 3.35. The molecular weight excluding hydrogens is 250 g/mol. The van der Waals surface area contributed by atoms with Crippen molar-refractivity contribution in [3.63, 3.8) is 0 Å². The summed E-state index contributed by atoms with van der Waals surface area (Å²) in [5.41, 5.74) is 7.63. The van der Waals surface area contributed by atoms with Gasteiger partial charge in [0.25, 0.3) is 0 Å². The van der Waals surface area contributed by atoms with Crippen molar-refractivity contribution in [2.45, 2.75) is 12.7 Å². The fourth-order valence-electron chi connectivity index (χ4n) is 1.65. The summed E-state index contributed by atoms with van der Waals surface area (Å²) in [6.07, 6.45) is 0. The van der Waals surface area contributed by atoms with Crippen LogP contribution in [0, 0.1) is 6.92 Å². The van der Waals surface area contributed by atoms with Crippen LogP contribution >= 0.6 is 11.8 Å². The summed E-state index contributed by atoms with van der Waals surface area (Å²) in [5, 5.41) is 4.56. The minimum atomic E-state index is -0.369. The van der Waals surface area contributed by atoms with E-state index in [9.17, 15) is 4.79 Å². The second kappa shape index (κ2) is 5.14. The van der Waals surface area contributed by atoms with Gasteiger partial charge in [0.2, 0.25) is 0 Å². The molecule has 1 heterocycles. The molecule has 0 bridgehead atoms. The van der Waals surface area contributed by atoms with Crippen molar-refractivity contribution in [3.05, 3.63) is 45.8 Å². The second-order valence-electron chi connectivity index (χ2n) is 3.85. The van der Waals surface area contributed by atoms with E-state index in [2.05, 4.69) is 5.10 Å². The van der Waals surface area contributed by atoms with E-state index in [0.29, 0.717) is 11.3 Å². The lowest BCUT2D eigenvalue weighted by molar-refractivity contribution is 0.559. The first-order valence-corrected chi connectivity index (χ1v) is 6.28. The molecule has 0 radical (unpaired) electrons. The van der Waals surface area contributed by atoms with E-state index in [4.69, 9.17) is 16.0 Å². The lowest BCUT2D eigenvalue weighted by Gasteiger charge is -2.05. The largest absolute Gasteiger partial charge is 0.423 e. The van der Waals surface area contributed by atoms with Gasteiger partial charge in [-0.25, -0.2) is 4.79 Å². The lowest BCUT2D eigenvalue weighted by Crippen LogP contribution is -2.10. The van der Waals surface area contributed by atoms with Crippen LogP contribution in [0.15, 0.2) is 38.6 Å². The van der Waals surface area contributed by atoms with Crippen molar-refractivity contribution in [3.8, 4) is 0 Å². The third kappa shape index (κ3) is 2.65. The van der Waals surface area contributed by atoms with Gasteiger partial charge in [-0.15, -0.1) is 0 Å². The number of nitrogens with zero attached hydrogens (tertiary/aromatic N) is 1. The zero-order valence-electron chi connectivity index (χ0n) is 9.84. The van der Waals surface area contributed by atoms with Crippen LogP contribution in [0.25, 0.3) is 11.0 Å². The van der Waals surface area contributed by atoms with E-state index >= 15 is 0 Å². The molecule has 0 aliphatic carbocycles. The van der Waals surface area contributed by atoms with Gasteiger partial charge >= 0.3 is 5.63 Å². The summed E-state index contributed by atoms with van der Waals surface area (Å²) in [6.45, 7) is 1.94. The first-order chi connectivity index (χ1) is 8.60. The van der Waals surface area contributed by atoms with Gasteiger partial charge in [-0.2, -0.15) is 5.10 Å². The Balaban J connectivity index is 2.46. The van der Waals surface area contributed by atoms with Gasteiger partial charge in [-0.05, 0) is 24.1 Å². The van der Waals surface area contributed by atoms with Crippen LogP contribution in [0.5, 0.6) is 0 Å². The van der Waals surface area contributed by atoms with Crippen molar-refractivity contribution >= 4 is 27.9 Å². The van der Waals surface area contributed by atoms with Crippen LogP contribution in [0.4, 0.5) is 0 Å². The number of nitrogens with two attached hydrogens (primary N) is 2. The standard InChI is InChI=1S/C12H13N3O2S/c1-7-2-3-9-8(6-18-12(13)15-14)5-11(16)17-10(9)4-7/h2-5H,6,14H2,1H3,(H2,13,15). The molecule has 0 aliphatic rings. The minimum absolute atomic E-state index is 0.281. The number of hydrazone groups is 1. The predicted molar refractivity (Wildman–Crippen MR) is 74.3 cm³/mol. The number of aryl methyl sites for hydroxylation is 1. The highest BCUT2D eigenvalue weighted by atomic mass is 32.2. The Kier molecular flexibility index (Phi) is 3.57. The van der Waals surface area contributed by atoms with E-state index in [1.54, 1.807) is 0 Å². The third-order valence-electron chi connectivity index (χ3n) is 2.49. The Morgan fingerprint density at radius 3 is 2.94 bits per heavy atom. The van der Waals surface area contributed by atoms with E-state index in [-0.39, 0.29) is 10.8 Å². The number of benzene rings is 1. The molecule has 0 amide bonds. The Hall–Kier alpha value is -1.95. The molecule has 0 unspecified atom stereocenters. The zero-order chi connectivity index (χ0) is 13.1. The number of rotatable bonds is 2. The highest BCUT2D eigenvalue weighted by molar-refractivity contribution is 8.13. The molecule has 1 aromatic carbocycles. The van der Waals surface area contributed by atoms with Crippen LogP contribution in [0.1, 0.15) is 11.1 Å². The Labute approximate surface area is 108 Å². The van der Waals surface area contributed by atoms with Crippen molar-refractivity contribution in [2.75, 3.05) is 0 Å². The van der Waals surface area contributed by atoms with Gasteiger partial charge in [-0.1, -0.05) is 23.9 Å². The lowest BCUT2D eigenvalue weighted by atomic mass is 10.1. The minimum Gasteiger partial charge on any atom is -0.423 e. The van der Waals surface area contributed by atoms with Gasteiger partial charge < -0.3 is 16.0 Å². The van der Waals surface area contributed by atoms with Crippen molar-refractivity contribution in [1.29, 1.82) is 0 Å². The molecule has 18 heavy (non-hydrogen) atoms. The van der Waals surface area contributed by atoms with Crippen LogP contribution in [0.2, 0.25) is 0 Å². The quantitative estimate of drug-likeness (QED) is 0.282. The highest BCUT2D eigenvalue weighted by Gasteiger charge is 2.06. The summed E-state index contributed by atoms with van der Waals surface area (Å²) in [6, 6.07) is 7.20. The van der Waals surface area contributed by atoms with Crippen molar-refractivity contribution in [2.24, 2.45) is 16.7 Å². The summed E-state index contributed by atoms with van der Waals surface area (Å²) in [5.74, 6) is 5.59. The molecule has 5 nitrogen and oxygen atoms in total. The fraction of sp³-hybridized carbons (Fsp3) is 0.167. The first-order valence-electron chi connectivity index (χ1n) is 5.29. The number of fused-ring (bicyclic) bond motifs is 1. The van der Waals surface area contributed by atoms with E-state index in [1.165, 1.54) is 17.8 Å². The molecule has 0 aliphatic heterocycles. The summed E-state index contributed by atoms with van der Waals surface area (Å²) >= 11 is 1.28. The molecular formula is C12H13N3O2S. The average molecular weight is 263 g/mol. The molecule has 1 aromatic heterocycles. The van der Waals surface area contributed by atoms with Crippen LogP contribution < -0.4 is 17.2 Å². The average Bonchev–Trinajstić information content (AvgIpc) is 2.34. The number of hydrogen-bond donors (Lipinski definition) is 2. The van der Waals surface area contributed by atoms with Gasteiger partial charge in [0.15, 0.2) is 5.17 Å². The maximum atomic E-state index is 11.5. The van der Waals surface area contributed by atoms with Crippen molar-refractivity contribution < 1.29 is 4.42 Å². The van der Waals surface area contributed by atoms with Crippen LogP contribution in [-0.2, 0) is 5.75 Å². The molecule has 2 rings (SSSR count). The molecule has 6 heteroatoms. The molecule has 94 valence electrons. The van der Waals surface area contributed by atoms with Crippen LogP contribution in [-0.4, -0.2) is 5.17 Å². The number of hydrogen-bond acceptors (Lipinski definition) is 5. The molecule has 0 atom stereocenters. The van der Waals surface area contributed by atoms with E-state index < -0.39 is 0 Å². The highest BCUT2D eigenvalue weighted by Crippen LogP contribution is 2.22. The van der Waals surface area contributed by atoms with Gasteiger partial charge in [0.1, 0.15) is 5.58 Å². The fourth-order valence-corrected chi connectivity index (χ4v) is 2.26. The van der Waals surface area contributed by atoms with Crippen LogP contribution in [0.3, 0.4) is 0 Å². The molecule has 0 saturated carbocycles. The zero-order valence-corrected chi connectivity index (χ0v) is 10.7. The monoisotopic (exact) mass is 263 g/mol. The van der Waals surface area contributed by atoms with E-state index in [0.717, 1.165) is 16.5 Å². The first kappa shape index (κ1) is 12.5. The predicted octanol–water partition coefficient (Wildman–Crippen LogP) is 1.52. The molecule has 2 aromatic rings. The maximum absolute atomic E-state index is 11.5. The van der Waals surface area contributed by atoms with Gasteiger partial charge in [0.05, 0.1) is 0 Å². The van der Waals surface area contributed by atoms with Crippen molar-refractivity contribution in [1.82, 2.24) is 0 Å². The Morgan fingerprint density at radius 2 is 2.22 bits per heavy atom. The topological polar surface area (TPSA) is 94.6 Å².